The molecule has 0 aliphatic carbocycles. The second-order valence-corrected chi connectivity index (χ2v) is 7.66. The van der Waals surface area contributed by atoms with Gasteiger partial charge in [-0.3, -0.25) is 9.59 Å². The summed E-state index contributed by atoms with van der Waals surface area (Å²) >= 11 is 0. The first kappa shape index (κ1) is 23.1. The molecule has 166 valence electrons. The SMILES string of the molecule is CCc1ccc(OC(C)C(=O)N(C)c2ccccc2C(=O)NCCc2ccccc2)cc1. The van der Waals surface area contributed by atoms with E-state index in [4.69, 9.17) is 4.74 Å². The normalized spacial score (nSPS) is 11.5. The molecule has 5 heteroatoms. The van der Waals surface area contributed by atoms with Crippen LogP contribution in [0.25, 0.3) is 0 Å². The Morgan fingerprint density at radius 2 is 1.56 bits per heavy atom. The van der Waals surface area contributed by atoms with Gasteiger partial charge in [-0.1, -0.05) is 61.5 Å². The Hall–Kier alpha value is -3.60. The average Bonchev–Trinajstić information content (AvgIpc) is 2.84. The summed E-state index contributed by atoms with van der Waals surface area (Å²) < 4.78 is 5.84. The number of amides is 2. The van der Waals surface area contributed by atoms with Gasteiger partial charge in [-0.15, -0.1) is 0 Å². The van der Waals surface area contributed by atoms with Crippen molar-refractivity contribution in [2.24, 2.45) is 0 Å². The number of hydrogen-bond donors (Lipinski definition) is 1. The summed E-state index contributed by atoms with van der Waals surface area (Å²) in [7, 11) is 1.67. The highest BCUT2D eigenvalue weighted by atomic mass is 16.5. The number of nitrogens with zero attached hydrogens (tertiary/aromatic N) is 1. The number of anilines is 1. The molecule has 0 fully saturated rings. The number of rotatable bonds is 9. The highest BCUT2D eigenvalue weighted by Gasteiger charge is 2.24. The van der Waals surface area contributed by atoms with Gasteiger partial charge in [0.15, 0.2) is 6.10 Å². The van der Waals surface area contributed by atoms with E-state index < -0.39 is 6.10 Å². The van der Waals surface area contributed by atoms with Gasteiger partial charge in [0.2, 0.25) is 0 Å². The maximum atomic E-state index is 13.0. The van der Waals surface area contributed by atoms with Gasteiger partial charge in [0.25, 0.3) is 11.8 Å². The number of nitrogens with one attached hydrogen (secondary N) is 1. The van der Waals surface area contributed by atoms with Gasteiger partial charge in [0.05, 0.1) is 11.3 Å². The highest BCUT2D eigenvalue weighted by Crippen LogP contribution is 2.21. The zero-order valence-corrected chi connectivity index (χ0v) is 18.9. The Labute approximate surface area is 190 Å². The first-order valence-electron chi connectivity index (χ1n) is 10.9. The predicted molar refractivity (Wildman–Crippen MR) is 128 cm³/mol. The zero-order chi connectivity index (χ0) is 22.9. The summed E-state index contributed by atoms with van der Waals surface area (Å²) in [4.78, 5) is 27.3. The van der Waals surface area contributed by atoms with Gasteiger partial charge in [-0.25, -0.2) is 0 Å². The van der Waals surface area contributed by atoms with Gasteiger partial charge in [-0.05, 0) is 55.2 Å². The first-order valence-corrected chi connectivity index (χ1v) is 10.9. The minimum absolute atomic E-state index is 0.208. The lowest BCUT2D eigenvalue weighted by Crippen LogP contribution is -2.39. The van der Waals surface area contributed by atoms with Crippen LogP contribution in [0.4, 0.5) is 5.69 Å². The fourth-order valence-corrected chi connectivity index (χ4v) is 3.47. The number of hydrogen-bond acceptors (Lipinski definition) is 3. The number of ether oxygens (including phenoxy) is 1. The number of para-hydroxylation sites is 1. The smallest absolute Gasteiger partial charge is 0.267 e. The van der Waals surface area contributed by atoms with E-state index in [-0.39, 0.29) is 11.8 Å². The summed E-state index contributed by atoms with van der Waals surface area (Å²) in [5.41, 5.74) is 3.37. The molecular weight excluding hydrogens is 400 g/mol. The van der Waals surface area contributed by atoms with Crippen molar-refractivity contribution in [1.82, 2.24) is 5.32 Å². The molecule has 3 aromatic rings. The average molecular weight is 431 g/mol. The number of carbonyl (C=O) groups excluding carboxylic acids is 2. The Balaban J connectivity index is 1.64. The Morgan fingerprint density at radius 3 is 2.25 bits per heavy atom. The molecule has 2 amide bonds. The number of carbonyl (C=O) groups is 2. The number of benzene rings is 3. The Bertz CT molecular complexity index is 1030. The van der Waals surface area contributed by atoms with Gasteiger partial charge in [0.1, 0.15) is 5.75 Å². The molecular formula is C27H30N2O3. The largest absolute Gasteiger partial charge is 0.481 e. The second kappa shape index (κ2) is 11.1. The van der Waals surface area contributed by atoms with E-state index in [1.165, 1.54) is 10.5 Å². The molecule has 0 saturated heterocycles. The van der Waals surface area contributed by atoms with Gasteiger partial charge in [0, 0.05) is 13.6 Å². The van der Waals surface area contributed by atoms with Crippen molar-refractivity contribution in [1.29, 1.82) is 0 Å². The summed E-state index contributed by atoms with van der Waals surface area (Å²) in [5, 5.41) is 2.95. The lowest BCUT2D eigenvalue weighted by Gasteiger charge is -2.24. The van der Waals surface area contributed by atoms with E-state index in [1.807, 2.05) is 60.7 Å². The maximum absolute atomic E-state index is 13.0. The molecule has 0 bridgehead atoms. The van der Waals surface area contributed by atoms with Gasteiger partial charge >= 0.3 is 0 Å². The van der Waals surface area contributed by atoms with E-state index in [1.54, 1.807) is 32.2 Å². The summed E-state index contributed by atoms with van der Waals surface area (Å²) in [6, 6.07) is 24.8. The van der Waals surface area contributed by atoms with Crippen LogP contribution in [0.15, 0.2) is 78.9 Å². The van der Waals surface area contributed by atoms with Crippen LogP contribution >= 0.6 is 0 Å². The molecule has 3 aromatic carbocycles. The molecule has 1 unspecified atom stereocenters. The van der Waals surface area contributed by atoms with E-state index >= 15 is 0 Å². The summed E-state index contributed by atoms with van der Waals surface area (Å²) in [6.07, 6.45) is 0.995. The van der Waals surface area contributed by atoms with Crippen molar-refractivity contribution in [3.05, 3.63) is 95.6 Å². The lowest BCUT2D eigenvalue weighted by atomic mass is 10.1. The molecule has 0 radical (unpaired) electrons. The first-order chi connectivity index (χ1) is 15.5. The molecule has 0 spiro atoms. The molecule has 0 aliphatic heterocycles. The molecule has 0 saturated carbocycles. The van der Waals surface area contributed by atoms with Crippen molar-refractivity contribution in [2.45, 2.75) is 32.8 Å². The third kappa shape index (κ3) is 5.97. The third-order valence-electron chi connectivity index (χ3n) is 5.37. The van der Waals surface area contributed by atoms with E-state index in [0.717, 1.165) is 18.4 Å². The maximum Gasteiger partial charge on any atom is 0.267 e. The van der Waals surface area contributed by atoms with Crippen LogP contribution in [0.1, 0.15) is 35.3 Å². The van der Waals surface area contributed by atoms with E-state index in [2.05, 4.69) is 12.2 Å². The van der Waals surface area contributed by atoms with E-state index in [9.17, 15) is 9.59 Å². The standard InChI is InChI=1S/C27H30N2O3/c1-4-21-14-16-23(17-15-21)32-20(2)27(31)29(3)25-13-9-8-12-24(25)26(30)28-19-18-22-10-6-5-7-11-22/h5-17,20H,4,18-19H2,1-3H3,(H,28,30). The van der Waals surface area contributed by atoms with Crippen molar-refractivity contribution in [2.75, 3.05) is 18.5 Å². The molecule has 5 nitrogen and oxygen atoms in total. The van der Waals surface area contributed by atoms with Crippen molar-refractivity contribution in [3.63, 3.8) is 0 Å². The highest BCUT2D eigenvalue weighted by molar-refractivity contribution is 6.05. The second-order valence-electron chi connectivity index (χ2n) is 7.66. The minimum Gasteiger partial charge on any atom is -0.481 e. The molecule has 0 aromatic heterocycles. The van der Waals surface area contributed by atoms with Crippen LogP contribution < -0.4 is 15.0 Å². The van der Waals surface area contributed by atoms with Crippen LogP contribution in [-0.4, -0.2) is 31.5 Å². The predicted octanol–water partition coefficient (Wildman–Crippen LogP) is 4.65. The van der Waals surface area contributed by atoms with Crippen LogP contribution in [-0.2, 0) is 17.6 Å². The van der Waals surface area contributed by atoms with Crippen LogP contribution in [0.5, 0.6) is 5.75 Å². The Kier molecular flexibility index (Phi) is 8.03. The van der Waals surface area contributed by atoms with Crippen molar-refractivity contribution < 1.29 is 14.3 Å². The number of aryl methyl sites for hydroxylation is 1. The minimum atomic E-state index is -0.693. The molecule has 1 N–H and O–H groups in total. The monoisotopic (exact) mass is 430 g/mol. The third-order valence-corrected chi connectivity index (χ3v) is 5.37. The summed E-state index contributed by atoms with van der Waals surface area (Å²) in [5.74, 6) is 0.206. The van der Waals surface area contributed by atoms with Crippen LogP contribution in [0.2, 0.25) is 0 Å². The zero-order valence-electron chi connectivity index (χ0n) is 18.9. The summed E-state index contributed by atoms with van der Waals surface area (Å²) in [6.45, 7) is 4.32. The topological polar surface area (TPSA) is 58.6 Å². The van der Waals surface area contributed by atoms with Crippen molar-refractivity contribution >= 4 is 17.5 Å². The fourth-order valence-electron chi connectivity index (χ4n) is 3.47. The van der Waals surface area contributed by atoms with Gasteiger partial charge in [-0.2, -0.15) is 0 Å². The van der Waals surface area contributed by atoms with Crippen LogP contribution in [0, 0.1) is 0 Å². The molecule has 0 aliphatic rings. The molecule has 0 heterocycles. The van der Waals surface area contributed by atoms with Gasteiger partial charge < -0.3 is 15.0 Å². The van der Waals surface area contributed by atoms with Crippen molar-refractivity contribution in [3.8, 4) is 5.75 Å². The van der Waals surface area contributed by atoms with Crippen LogP contribution in [0.3, 0.4) is 0 Å². The number of likely N-dealkylation sites (N-methyl/N-ethyl adjacent to an activating group) is 1. The molecule has 1 atom stereocenters. The molecule has 32 heavy (non-hydrogen) atoms. The quantitative estimate of drug-likeness (QED) is 0.538. The fraction of sp³-hybridized carbons (Fsp3) is 0.259. The van der Waals surface area contributed by atoms with E-state index in [0.29, 0.717) is 23.5 Å². The molecule has 3 rings (SSSR count). The lowest BCUT2D eigenvalue weighted by molar-refractivity contribution is -0.124. The Morgan fingerprint density at radius 1 is 0.906 bits per heavy atom.